The molecule has 2 rings (SSSR count). The molecule has 0 amide bonds. The van der Waals surface area contributed by atoms with Gasteiger partial charge in [0, 0.05) is 6.54 Å². The van der Waals surface area contributed by atoms with Gasteiger partial charge in [0.1, 0.15) is 5.82 Å². The summed E-state index contributed by atoms with van der Waals surface area (Å²) in [6.07, 6.45) is 1.53. The maximum Gasteiger partial charge on any atom is 0.262 e. The summed E-state index contributed by atoms with van der Waals surface area (Å²) in [6, 6.07) is 7.23. The number of anilines is 2. The number of sulfonamides is 1. The van der Waals surface area contributed by atoms with Gasteiger partial charge in [-0.05, 0) is 49.9 Å². The standard InChI is InChI=1S/C18H25N3O2S/c1-12(2)10-19-17-7-6-16(11-20-17)21-24(22,23)18-14(4)8-13(3)9-15(18)5/h6-9,11-12,21H,10H2,1-5H3,(H,19,20). The molecule has 1 heterocycles. The Kier molecular flexibility index (Phi) is 5.49. The third kappa shape index (κ3) is 4.47. The summed E-state index contributed by atoms with van der Waals surface area (Å²) in [4.78, 5) is 4.58. The van der Waals surface area contributed by atoms with Crippen LogP contribution >= 0.6 is 0 Å². The van der Waals surface area contributed by atoms with Crippen LogP contribution in [-0.4, -0.2) is 19.9 Å². The van der Waals surface area contributed by atoms with E-state index in [0.29, 0.717) is 16.5 Å². The first-order valence-electron chi connectivity index (χ1n) is 7.99. The molecule has 0 spiro atoms. The summed E-state index contributed by atoms with van der Waals surface area (Å²) in [5.41, 5.74) is 2.97. The Morgan fingerprint density at radius 3 is 2.21 bits per heavy atom. The van der Waals surface area contributed by atoms with Gasteiger partial charge in [0.25, 0.3) is 10.0 Å². The quantitative estimate of drug-likeness (QED) is 0.832. The predicted molar refractivity (Wildman–Crippen MR) is 99.0 cm³/mol. The van der Waals surface area contributed by atoms with Gasteiger partial charge in [0.05, 0.1) is 16.8 Å². The van der Waals surface area contributed by atoms with Crippen molar-refractivity contribution in [2.75, 3.05) is 16.6 Å². The molecule has 2 aromatic rings. The number of hydrogen-bond acceptors (Lipinski definition) is 4. The Balaban J connectivity index is 2.21. The van der Waals surface area contributed by atoms with E-state index >= 15 is 0 Å². The summed E-state index contributed by atoms with van der Waals surface area (Å²) < 4.78 is 28.0. The Morgan fingerprint density at radius 2 is 1.71 bits per heavy atom. The van der Waals surface area contributed by atoms with Crippen LogP contribution in [0.2, 0.25) is 0 Å². The van der Waals surface area contributed by atoms with E-state index in [9.17, 15) is 8.42 Å². The largest absolute Gasteiger partial charge is 0.370 e. The van der Waals surface area contributed by atoms with E-state index in [1.165, 1.54) is 6.20 Å². The third-order valence-electron chi connectivity index (χ3n) is 3.58. The summed E-state index contributed by atoms with van der Waals surface area (Å²) in [5.74, 6) is 1.24. The van der Waals surface area contributed by atoms with Crippen molar-refractivity contribution in [3.8, 4) is 0 Å². The number of pyridine rings is 1. The Bertz CT molecular complexity index is 790. The van der Waals surface area contributed by atoms with Crippen LogP contribution in [0, 0.1) is 26.7 Å². The van der Waals surface area contributed by atoms with E-state index in [2.05, 4.69) is 28.9 Å². The molecule has 0 aliphatic heterocycles. The minimum Gasteiger partial charge on any atom is -0.370 e. The molecule has 1 aromatic heterocycles. The van der Waals surface area contributed by atoms with Crippen molar-refractivity contribution in [1.82, 2.24) is 4.98 Å². The van der Waals surface area contributed by atoms with Crippen LogP contribution in [0.5, 0.6) is 0 Å². The lowest BCUT2D eigenvalue weighted by Crippen LogP contribution is -2.16. The van der Waals surface area contributed by atoms with Crippen LogP contribution in [0.15, 0.2) is 35.4 Å². The van der Waals surface area contributed by atoms with Gasteiger partial charge in [-0.1, -0.05) is 31.5 Å². The SMILES string of the molecule is Cc1cc(C)c(S(=O)(=O)Nc2ccc(NCC(C)C)nc2)c(C)c1. The lowest BCUT2D eigenvalue weighted by atomic mass is 10.1. The van der Waals surface area contributed by atoms with Crippen LogP contribution in [-0.2, 0) is 10.0 Å². The first kappa shape index (κ1) is 18.3. The third-order valence-corrected chi connectivity index (χ3v) is 5.27. The molecule has 0 saturated heterocycles. The van der Waals surface area contributed by atoms with Crippen LogP contribution in [0.4, 0.5) is 11.5 Å². The second kappa shape index (κ2) is 7.21. The molecular weight excluding hydrogens is 322 g/mol. The number of aromatic nitrogens is 1. The van der Waals surface area contributed by atoms with E-state index in [1.54, 1.807) is 12.1 Å². The number of hydrogen-bond donors (Lipinski definition) is 2. The molecule has 0 fully saturated rings. The van der Waals surface area contributed by atoms with Crippen LogP contribution in [0.25, 0.3) is 0 Å². The van der Waals surface area contributed by atoms with E-state index in [4.69, 9.17) is 0 Å². The fourth-order valence-corrected chi connectivity index (χ4v) is 4.16. The van der Waals surface area contributed by atoms with Gasteiger partial charge in [0.15, 0.2) is 0 Å². The molecule has 0 radical (unpaired) electrons. The van der Waals surface area contributed by atoms with Gasteiger partial charge in [0.2, 0.25) is 0 Å². The zero-order valence-electron chi connectivity index (χ0n) is 14.8. The van der Waals surface area contributed by atoms with Crippen LogP contribution in [0.3, 0.4) is 0 Å². The average Bonchev–Trinajstić information content (AvgIpc) is 2.44. The molecule has 0 bridgehead atoms. The molecule has 0 atom stereocenters. The van der Waals surface area contributed by atoms with Gasteiger partial charge < -0.3 is 5.32 Å². The van der Waals surface area contributed by atoms with Crippen molar-refractivity contribution in [1.29, 1.82) is 0 Å². The monoisotopic (exact) mass is 347 g/mol. The van der Waals surface area contributed by atoms with Crippen molar-refractivity contribution >= 4 is 21.5 Å². The zero-order chi connectivity index (χ0) is 17.9. The fourth-order valence-electron chi connectivity index (χ4n) is 2.66. The van der Waals surface area contributed by atoms with E-state index in [-0.39, 0.29) is 0 Å². The first-order valence-corrected chi connectivity index (χ1v) is 9.48. The molecule has 6 heteroatoms. The minimum atomic E-state index is -3.64. The molecule has 0 aliphatic rings. The number of rotatable bonds is 6. The maximum atomic E-state index is 12.7. The second-order valence-electron chi connectivity index (χ2n) is 6.54. The van der Waals surface area contributed by atoms with E-state index < -0.39 is 10.0 Å². The zero-order valence-corrected chi connectivity index (χ0v) is 15.7. The Morgan fingerprint density at radius 1 is 1.08 bits per heavy atom. The first-order chi connectivity index (χ1) is 11.2. The van der Waals surface area contributed by atoms with Gasteiger partial charge in [-0.2, -0.15) is 0 Å². The van der Waals surface area contributed by atoms with Crippen molar-refractivity contribution in [2.24, 2.45) is 5.92 Å². The molecule has 130 valence electrons. The molecule has 1 aromatic carbocycles. The lowest BCUT2D eigenvalue weighted by Gasteiger charge is -2.14. The highest BCUT2D eigenvalue weighted by Crippen LogP contribution is 2.24. The molecule has 0 unspecified atom stereocenters. The topological polar surface area (TPSA) is 71.1 Å². The lowest BCUT2D eigenvalue weighted by molar-refractivity contribution is 0.600. The van der Waals surface area contributed by atoms with Crippen LogP contribution < -0.4 is 10.0 Å². The van der Waals surface area contributed by atoms with Crippen LogP contribution in [0.1, 0.15) is 30.5 Å². The molecule has 0 aliphatic carbocycles. The Labute approximate surface area is 144 Å². The summed E-state index contributed by atoms with van der Waals surface area (Å²) in [6.45, 7) is 10.6. The van der Waals surface area contributed by atoms with Gasteiger partial charge >= 0.3 is 0 Å². The highest BCUT2D eigenvalue weighted by Gasteiger charge is 2.20. The summed E-state index contributed by atoms with van der Waals surface area (Å²) >= 11 is 0. The number of benzene rings is 1. The normalized spacial score (nSPS) is 11.6. The van der Waals surface area contributed by atoms with Gasteiger partial charge in [-0.25, -0.2) is 13.4 Å². The van der Waals surface area contributed by atoms with Crippen molar-refractivity contribution < 1.29 is 8.42 Å². The second-order valence-corrected chi connectivity index (χ2v) is 8.16. The highest BCUT2D eigenvalue weighted by atomic mass is 32.2. The minimum absolute atomic E-state index is 0.329. The molecule has 24 heavy (non-hydrogen) atoms. The van der Waals surface area contributed by atoms with Gasteiger partial charge in [-0.3, -0.25) is 4.72 Å². The van der Waals surface area contributed by atoms with Crippen molar-refractivity contribution in [3.05, 3.63) is 47.2 Å². The number of nitrogens with zero attached hydrogens (tertiary/aromatic N) is 1. The number of nitrogens with one attached hydrogen (secondary N) is 2. The number of aryl methyl sites for hydroxylation is 3. The average molecular weight is 347 g/mol. The molecule has 2 N–H and O–H groups in total. The van der Waals surface area contributed by atoms with Crippen molar-refractivity contribution in [2.45, 2.75) is 39.5 Å². The summed E-state index contributed by atoms with van der Waals surface area (Å²) in [5, 5.41) is 3.20. The van der Waals surface area contributed by atoms with Gasteiger partial charge in [-0.15, -0.1) is 0 Å². The smallest absolute Gasteiger partial charge is 0.262 e. The summed E-state index contributed by atoms with van der Waals surface area (Å²) in [7, 11) is -3.64. The Hall–Kier alpha value is -2.08. The van der Waals surface area contributed by atoms with E-state index in [0.717, 1.165) is 29.1 Å². The van der Waals surface area contributed by atoms with Crippen molar-refractivity contribution in [3.63, 3.8) is 0 Å². The molecular formula is C18H25N3O2S. The highest BCUT2D eigenvalue weighted by molar-refractivity contribution is 7.92. The fraction of sp³-hybridized carbons (Fsp3) is 0.389. The predicted octanol–water partition coefficient (Wildman–Crippen LogP) is 3.88. The molecule has 5 nitrogen and oxygen atoms in total. The van der Waals surface area contributed by atoms with E-state index in [1.807, 2.05) is 32.9 Å². The molecule has 0 saturated carbocycles. The maximum absolute atomic E-state index is 12.7.